The number of para-hydroxylation sites is 2. The molecule has 12 rings (SSSR count). The Labute approximate surface area is 296 Å². The normalized spacial score (nSPS) is 12.3. The van der Waals surface area contributed by atoms with E-state index in [9.17, 15) is 0 Å². The summed E-state index contributed by atoms with van der Waals surface area (Å²) in [5, 5.41) is 12.9. The highest BCUT2D eigenvalue weighted by molar-refractivity contribution is 7.26. The molecule has 3 heteroatoms. The van der Waals surface area contributed by atoms with Gasteiger partial charge in [0.05, 0.1) is 27.6 Å². The average molecular weight is 665 g/mol. The van der Waals surface area contributed by atoms with Gasteiger partial charge >= 0.3 is 0 Å². The van der Waals surface area contributed by atoms with E-state index in [-0.39, 0.29) is 0 Å². The minimum absolute atomic E-state index is 1.16. The fourth-order valence-corrected chi connectivity index (χ4v) is 10.0. The zero-order valence-electron chi connectivity index (χ0n) is 27.5. The van der Waals surface area contributed by atoms with Crippen molar-refractivity contribution in [2.24, 2.45) is 0 Å². The summed E-state index contributed by atoms with van der Waals surface area (Å²) in [6, 6.07) is 62.9. The number of fused-ring (bicyclic) bond motifs is 11. The number of thiophene rings is 1. The molecule has 0 aliphatic carbocycles. The van der Waals surface area contributed by atoms with Crippen LogP contribution in [0.5, 0.6) is 0 Å². The van der Waals surface area contributed by atoms with Crippen LogP contribution in [-0.2, 0) is 0 Å². The summed E-state index contributed by atoms with van der Waals surface area (Å²) in [6.45, 7) is 0. The quantitative estimate of drug-likeness (QED) is 0.174. The summed E-state index contributed by atoms with van der Waals surface area (Å²) in [6.07, 6.45) is 0. The molecule has 236 valence electrons. The Morgan fingerprint density at radius 1 is 0.333 bits per heavy atom. The topological polar surface area (TPSA) is 9.34 Å². The number of rotatable bonds is 2. The zero-order chi connectivity index (χ0) is 33.2. The van der Waals surface area contributed by atoms with Gasteiger partial charge in [-0.1, -0.05) is 121 Å². The molecule has 51 heavy (non-hydrogen) atoms. The first-order valence-corrected chi connectivity index (χ1v) is 18.3. The highest BCUT2D eigenvalue weighted by atomic mass is 32.1. The van der Waals surface area contributed by atoms with Gasteiger partial charge in [-0.05, 0) is 75.8 Å². The highest BCUT2D eigenvalue weighted by Gasteiger charge is 2.21. The molecule has 0 aliphatic heterocycles. The van der Waals surface area contributed by atoms with E-state index in [1.54, 1.807) is 0 Å². The second-order valence-electron chi connectivity index (χ2n) is 13.7. The van der Waals surface area contributed by atoms with Crippen molar-refractivity contribution in [3.05, 3.63) is 170 Å². The van der Waals surface area contributed by atoms with E-state index >= 15 is 0 Å². The molecule has 0 N–H and O–H groups in total. The first kappa shape index (κ1) is 27.4. The van der Waals surface area contributed by atoms with Crippen LogP contribution < -0.4 is 0 Å². The second-order valence-corrected chi connectivity index (χ2v) is 14.7. The molecule has 0 aliphatic rings. The SMILES string of the molecule is c1ccc(-c2ccc(-n3c4ccccc4c4cc5c6ccc7sc8cccc9c%10ccccc%10c%10ccccc%10n(c5cc43)c6c7c89)cc2)cc1. The van der Waals surface area contributed by atoms with Crippen LogP contribution in [0.15, 0.2) is 170 Å². The molecule has 0 unspecified atom stereocenters. The predicted octanol–water partition coefficient (Wildman–Crippen LogP) is 13.7. The Morgan fingerprint density at radius 2 is 0.941 bits per heavy atom. The molecule has 0 radical (unpaired) electrons. The van der Waals surface area contributed by atoms with Crippen LogP contribution in [0.1, 0.15) is 0 Å². The van der Waals surface area contributed by atoms with Gasteiger partial charge in [-0.15, -0.1) is 11.3 Å². The third-order valence-corrected chi connectivity index (χ3v) is 12.2. The largest absolute Gasteiger partial charge is 0.309 e. The number of nitrogens with zero attached hydrogens (tertiary/aromatic N) is 2. The number of hydrogen-bond acceptors (Lipinski definition) is 1. The first-order valence-electron chi connectivity index (χ1n) is 17.5. The monoisotopic (exact) mass is 664 g/mol. The summed E-state index contributed by atoms with van der Waals surface area (Å²) in [5.41, 5.74) is 9.74. The van der Waals surface area contributed by atoms with Crippen molar-refractivity contribution in [1.82, 2.24) is 8.97 Å². The molecule has 0 amide bonds. The van der Waals surface area contributed by atoms with Crippen molar-refractivity contribution in [2.75, 3.05) is 0 Å². The van der Waals surface area contributed by atoms with Gasteiger partial charge in [0.15, 0.2) is 0 Å². The van der Waals surface area contributed by atoms with E-state index in [0.717, 1.165) is 5.69 Å². The molecule has 4 aromatic heterocycles. The summed E-state index contributed by atoms with van der Waals surface area (Å²) in [7, 11) is 0. The lowest BCUT2D eigenvalue weighted by Crippen LogP contribution is -1.94. The molecule has 0 saturated heterocycles. The molecular formula is C48H28N2S. The second kappa shape index (κ2) is 10.1. The van der Waals surface area contributed by atoms with Crippen molar-refractivity contribution >= 4 is 102 Å². The van der Waals surface area contributed by atoms with E-state index in [4.69, 9.17) is 0 Å². The molecule has 4 heterocycles. The van der Waals surface area contributed by atoms with Gasteiger partial charge in [0.2, 0.25) is 0 Å². The van der Waals surface area contributed by atoms with E-state index in [0.29, 0.717) is 0 Å². The van der Waals surface area contributed by atoms with Crippen molar-refractivity contribution in [1.29, 1.82) is 0 Å². The van der Waals surface area contributed by atoms with Crippen LogP contribution >= 0.6 is 11.3 Å². The molecular weight excluding hydrogens is 637 g/mol. The lowest BCUT2D eigenvalue weighted by atomic mass is 10.0. The zero-order valence-corrected chi connectivity index (χ0v) is 28.3. The average Bonchev–Trinajstić information content (AvgIpc) is 3.85. The van der Waals surface area contributed by atoms with E-state index in [1.807, 2.05) is 11.3 Å². The van der Waals surface area contributed by atoms with E-state index in [1.165, 1.54) is 102 Å². The van der Waals surface area contributed by atoms with Crippen LogP contribution in [0.25, 0.3) is 108 Å². The Hall–Kier alpha value is -6.42. The van der Waals surface area contributed by atoms with Crippen molar-refractivity contribution < 1.29 is 0 Å². The fraction of sp³-hybridized carbons (Fsp3) is 0. The summed E-state index contributed by atoms with van der Waals surface area (Å²) in [4.78, 5) is 0. The maximum atomic E-state index is 2.58. The van der Waals surface area contributed by atoms with E-state index in [2.05, 4.69) is 179 Å². The molecule has 0 spiro atoms. The molecule has 8 aromatic carbocycles. The lowest BCUT2D eigenvalue weighted by Gasteiger charge is -2.10. The number of hydrogen-bond donors (Lipinski definition) is 0. The van der Waals surface area contributed by atoms with Gasteiger partial charge in [-0.3, -0.25) is 0 Å². The summed E-state index contributed by atoms with van der Waals surface area (Å²) >= 11 is 1.90. The minimum Gasteiger partial charge on any atom is -0.309 e. The van der Waals surface area contributed by atoms with Gasteiger partial charge < -0.3 is 8.97 Å². The number of benzene rings is 8. The molecule has 0 atom stereocenters. The standard InChI is InChI=1S/C48H28N2S/c1-2-11-29(12-3-1)30-21-23-31(24-22-30)49-40-18-8-7-16-35(40)38-27-39-37-25-26-45-47-46-36(17-10-20-44(46)51-45)33-14-5-4-13-32(33)34-15-6-9-19-41(34)50(48(37)47)43(39)28-42(38)49/h1-28H. The van der Waals surface area contributed by atoms with Crippen LogP contribution in [0.4, 0.5) is 0 Å². The lowest BCUT2D eigenvalue weighted by molar-refractivity contribution is 1.18. The Balaban J connectivity index is 1.31. The number of aromatic nitrogens is 2. The maximum Gasteiger partial charge on any atom is 0.0634 e. The van der Waals surface area contributed by atoms with Crippen LogP contribution in [-0.4, -0.2) is 8.97 Å². The van der Waals surface area contributed by atoms with Gasteiger partial charge in [0.25, 0.3) is 0 Å². The molecule has 0 saturated carbocycles. The Kier molecular flexibility index (Phi) is 5.41. The minimum atomic E-state index is 1.16. The molecule has 0 bridgehead atoms. The first-order chi connectivity index (χ1) is 25.3. The molecule has 0 fully saturated rings. The third-order valence-electron chi connectivity index (χ3n) is 11.1. The molecule has 12 aromatic rings. The van der Waals surface area contributed by atoms with Crippen LogP contribution in [0.3, 0.4) is 0 Å². The predicted molar refractivity (Wildman–Crippen MR) is 220 cm³/mol. The van der Waals surface area contributed by atoms with Crippen LogP contribution in [0, 0.1) is 0 Å². The Bertz CT molecular complexity index is 3400. The van der Waals surface area contributed by atoms with E-state index < -0.39 is 0 Å². The smallest absolute Gasteiger partial charge is 0.0634 e. The third kappa shape index (κ3) is 3.65. The van der Waals surface area contributed by atoms with Crippen LogP contribution in [0.2, 0.25) is 0 Å². The van der Waals surface area contributed by atoms with Gasteiger partial charge in [0.1, 0.15) is 0 Å². The van der Waals surface area contributed by atoms with Crippen molar-refractivity contribution in [3.63, 3.8) is 0 Å². The van der Waals surface area contributed by atoms with Gasteiger partial charge in [-0.2, -0.15) is 0 Å². The fourth-order valence-electron chi connectivity index (χ4n) is 8.90. The van der Waals surface area contributed by atoms with Crippen molar-refractivity contribution in [2.45, 2.75) is 0 Å². The summed E-state index contributed by atoms with van der Waals surface area (Å²) < 4.78 is 7.68. The van der Waals surface area contributed by atoms with Gasteiger partial charge in [-0.25, -0.2) is 0 Å². The van der Waals surface area contributed by atoms with Gasteiger partial charge in [0, 0.05) is 52.8 Å². The maximum absolute atomic E-state index is 2.58. The summed E-state index contributed by atoms with van der Waals surface area (Å²) in [5.74, 6) is 0. The Morgan fingerprint density at radius 3 is 1.75 bits per heavy atom. The molecule has 2 nitrogen and oxygen atoms in total. The highest BCUT2D eigenvalue weighted by Crippen LogP contribution is 2.47. The van der Waals surface area contributed by atoms with Crippen molar-refractivity contribution in [3.8, 4) is 16.8 Å².